The van der Waals surface area contributed by atoms with E-state index in [9.17, 15) is 13.6 Å². The number of carbonyl (C=O) groups is 1. The SMILES string of the molecule is Cc1nn(CC(=O)NCc2cnn(C)c2)c2nc(-c3ccccc3)cc(C(F)F)c12. The summed E-state index contributed by atoms with van der Waals surface area (Å²) in [6.45, 7) is 1.83. The fourth-order valence-corrected chi connectivity index (χ4v) is 3.38. The Balaban J connectivity index is 1.67. The van der Waals surface area contributed by atoms with Crippen LogP contribution in [0.4, 0.5) is 8.78 Å². The lowest BCUT2D eigenvalue weighted by Crippen LogP contribution is -2.27. The van der Waals surface area contributed by atoms with E-state index in [1.165, 1.54) is 10.7 Å². The molecule has 154 valence electrons. The van der Waals surface area contributed by atoms with Gasteiger partial charge in [0.2, 0.25) is 5.91 Å². The minimum atomic E-state index is -2.69. The summed E-state index contributed by atoms with van der Waals surface area (Å²) >= 11 is 0. The van der Waals surface area contributed by atoms with E-state index < -0.39 is 6.43 Å². The molecule has 0 saturated heterocycles. The van der Waals surface area contributed by atoms with Crippen LogP contribution in [-0.4, -0.2) is 30.5 Å². The Morgan fingerprint density at radius 3 is 2.67 bits per heavy atom. The predicted molar refractivity (Wildman–Crippen MR) is 108 cm³/mol. The van der Waals surface area contributed by atoms with Crippen molar-refractivity contribution in [1.29, 1.82) is 0 Å². The number of nitrogens with zero attached hydrogens (tertiary/aromatic N) is 5. The molecule has 3 aromatic heterocycles. The molecule has 0 aliphatic rings. The van der Waals surface area contributed by atoms with E-state index >= 15 is 0 Å². The molecule has 0 radical (unpaired) electrons. The first-order chi connectivity index (χ1) is 14.4. The Morgan fingerprint density at radius 1 is 1.23 bits per heavy atom. The number of hydrogen-bond donors (Lipinski definition) is 1. The molecule has 0 aliphatic heterocycles. The molecule has 1 amide bonds. The van der Waals surface area contributed by atoms with Gasteiger partial charge in [0.1, 0.15) is 6.54 Å². The average molecular weight is 410 g/mol. The third kappa shape index (κ3) is 3.91. The molecule has 9 heteroatoms. The Hall–Kier alpha value is -3.62. The van der Waals surface area contributed by atoms with E-state index in [4.69, 9.17) is 0 Å². The third-order valence-electron chi connectivity index (χ3n) is 4.75. The third-order valence-corrected chi connectivity index (χ3v) is 4.75. The summed E-state index contributed by atoms with van der Waals surface area (Å²) < 4.78 is 30.6. The second-order valence-corrected chi connectivity index (χ2v) is 7.00. The van der Waals surface area contributed by atoms with Crippen LogP contribution in [0.2, 0.25) is 0 Å². The van der Waals surface area contributed by atoms with E-state index in [-0.39, 0.29) is 29.0 Å². The Kier molecular flexibility index (Phi) is 5.26. The van der Waals surface area contributed by atoms with Gasteiger partial charge in [-0.3, -0.25) is 9.48 Å². The molecule has 0 bridgehead atoms. The quantitative estimate of drug-likeness (QED) is 0.529. The molecule has 0 unspecified atom stereocenters. The summed E-state index contributed by atoms with van der Waals surface area (Å²) in [7, 11) is 1.79. The number of amides is 1. The number of benzene rings is 1. The smallest absolute Gasteiger partial charge is 0.264 e. The Bertz CT molecular complexity index is 1200. The topological polar surface area (TPSA) is 77.6 Å². The molecule has 0 atom stereocenters. The number of aromatic nitrogens is 5. The highest BCUT2D eigenvalue weighted by Crippen LogP contribution is 2.32. The second kappa shape index (κ2) is 8.02. The number of alkyl halides is 2. The molecule has 7 nitrogen and oxygen atoms in total. The molecule has 30 heavy (non-hydrogen) atoms. The minimum absolute atomic E-state index is 0.126. The highest BCUT2D eigenvalue weighted by atomic mass is 19.3. The molecule has 1 N–H and O–H groups in total. The van der Waals surface area contributed by atoms with Crippen molar-refractivity contribution in [3.8, 4) is 11.3 Å². The van der Waals surface area contributed by atoms with Crippen LogP contribution >= 0.6 is 0 Å². The number of halogens is 2. The summed E-state index contributed by atoms with van der Waals surface area (Å²) in [4.78, 5) is 17.0. The van der Waals surface area contributed by atoms with Gasteiger partial charge in [-0.15, -0.1) is 0 Å². The van der Waals surface area contributed by atoms with Crippen molar-refractivity contribution in [3.05, 3.63) is 65.6 Å². The fourth-order valence-electron chi connectivity index (χ4n) is 3.38. The van der Waals surface area contributed by atoms with Gasteiger partial charge >= 0.3 is 0 Å². The van der Waals surface area contributed by atoms with Crippen molar-refractivity contribution < 1.29 is 13.6 Å². The van der Waals surface area contributed by atoms with Crippen molar-refractivity contribution in [1.82, 2.24) is 29.9 Å². The van der Waals surface area contributed by atoms with Crippen molar-refractivity contribution in [2.45, 2.75) is 26.4 Å². The molecular formula is C21H20F2N6O. The van der Waals surface area contributed by atoms with Crippen LogP contribution in [0.3, 0.4) is 0 Å². The van der Waals surface area contributed by atoms with Crippen LogP contribution in [0.5, 0.6) is 0 Å². The zero-order chi connectivity index (χ0) is 21.3. The first kappa shape index (κ1) is 19.7. The van der Waals surface area contributed by atoms with Crippen molar-refractivity contribution in [2.24, 2.45) is 7.05 Å². The maximum Gasteiger partial charge on any atom is 0.264 e. The van der Waals surface area contributed by atoms with Crippen LogP contribution in [0.15, 0.2) is 48.8 Å². The molecule has 0 saturated carbocycles. The van der Waals surface area contributed by atoms with E-state index in [2.05, 4.69) is 20.5 Å². The Labute approximate surface area is 171 Å². The van der Waals surface area contributed by atoms with Gasteiger partial charge in [-0.05, 0) is 13.0 Å². The van der Waals surface area contributed by atoms with Gasteiger partial charge in [0.15, 0.2) is 5.65 Å². The summed E-state index contributed by atoms with van der Waals surface area (Å²) in [6, 6.07) is 10.5. The van der Waals surface area contributed by atoms with E-state index in [1.807, 2.05) is 18.2 Å². The van der Waals surface area contributed by atoms with Crippen molar-refractivity contribution >= 4 is 16.9 Å². The Morgan fingerprint density at radius 2 is 2.00 bits per heavy atom. The molecule has 0 aliphatic carbocycles. The second-order valence-electron chi connectivity index (χ2n) is 7.00. The number of nitrogens with one attached hydrogen (secondary N) is 1. The molecular weight excluding hydrogens is 390 g/mol. The van der Waals surface area contributed by atoms with Crippen molar-refractivity contribution in [3.63, 3.8) is 0 Å². The predicted octanol–water partition coefficient (Wildman–Crippen LogP) is 3.39. The monoisotopic (exact) mass is 410 g/mol. The van der Waals surface area contributed by atoms with Crippen LogP contribution in [0.25, 0.3) is 22.3 Å². The number of aryl methyl sites for hydroxylation is 2. The van der Waals surface area contributed by atoms with Gasteiger partial charge in [0, 0.05) is 36.5 Å². The number of carbonyl (C=O) groups excluding carboxylic acids is 1. The van der Waals surface area contributed by atoms with Gasteiger partial charge in [-0.2, -0.15) is 10.2 Å². The largest absolute Gasteiger partial charge is 0.350 e. The lowest BCUT2D eigenvalue weighted by molar-refractivity contribution is -0.121. The van der Waals surface area contributed by atoms with E-state index in [0.29, 0.717) is 23.5 Å². The number of rotatable bonds is 6. The van der Waals surface area contributed by atoms with Gasteiger partial charge in [0.25, 0.3) is 6.43 Å². The zero-order valence-corrected chi connectivity index (χ0v) is 16.5. The molecule has 4 rings (SSSR count). The van der Waals surface area contributed by atoms with Gasteiger partial charge in [0.05, 0.1) is 23.0 Å². The fraction of sp³-hybridized carbons (Fsp3) is 0.238. The molecule has 4 aromatic rings. The van der Waals surface area contributed by atoms with E-state index in [0.717, 1.165) is 5.56 Å². The lowest BCUT2D eigenvalue weighted by atomic mass is 10.1. The van der Waals surface area contributed by atoms with Gasteiger partial charge < -0.3 is 5.32 Å². The highest BCUT2D eigenvalue weighted by molar-refractivity contribution is 5.87. The summed E-state index contributed by atoms with van der Waals surface area (Å²) in [5, 5.41) is 11.4. The number of fused-ring (bicyclic) bond motifs is 1. The van der Waals surface area contributed by atoms with Crippen LogP contribution in [-0.2, 0) is 24.9 Å². The standard InChI is InChI=1S/C21H20F2N6O/c1-13-19-16(20(22)23)8-17(15-6-4-3-5-7-15)26-21(19)29(27-13)12-18(30)24-9-14-10-25-28(2)11-14/h3-8,10-11,20H,9,12H2,1-2H3,(H,24,30). The molecule has 1 aromatic carbocycles. The summed E-state index contributed by atoms with van der Waals surface area (Å²) in [6.07, 6.45) is 0.779. The van der Waals surface area contributed by atoms with Gasteiger partial charge in [-0.1, -0.05) is 30.3 Å². The molecule has 0 fully saturated rings. The first-order valence-corrected chi connectivity index (χ1v) is 9.38. The highest BCUT2D eigenvalue weighted by Gasteiger charge is 2.22. The lowest BCUT2D eigenvalue weighted by Gasteiger charge is -2.09. The molecule has 3 heterocycles. The number of hydrogen-bond acceptors (Lipinski definition) is 4. The van der Waals surface area contributed by atoms with Crippen LogP contribution in [0, 0.1) is 6.92 Å². The normalized spacial score (nSPS) is 11.4. The zero-order valence-electron chi connectivity index (χ0n) is 16.5. The molecule has 0 spiro atoms. The first-order valence-electron chi connectivity index (χ1n) is 9.38. The summed E-state index contributed by atoms with van der Waals surface area (Å²) in [5.41, 5.74) is 2.52. The van der Waals surface area contributed by atoms with Crippen LogP contribution < -0.4 is 5.32 Å². The minimum Gasteiger partial charge on any atom is -0.350 e. The van der Waals surface area contributed by atoms with Crippen LogP contribution in [0.1, 0.15) is 23.2 Å². The van der Waals surface area contributed by atoms with E-state index in [1.54, 1.807) is 43.2 Å². The summed E-state index contributed by atoms with van der Waals surface area (Å²) in [5.74, 6) is -0.297. The maximum atomic E-state index is 13.8. The maximum absolute atomic E-state index is 13.8. The van der Waals surface area contributed by atoms with Gasteiger partial charge in [-0.25, -0.2) is 18.4 Å². The average Bonchev–Trinajstić information content (AvgIpc) is 3.29. The number of pyridine rings is 1. The van der Waals surface area contributed by atoms with Crippen molar-refractivity contribution in [2.75, 3.05) is 0 Å².